The van der Waals surface area contributed by atoms with Crippen LogP contribution in [0.4, 0.5) is 5.69 Å². The number of esters is 1. The van der Waals surface area contributed by atoms with E-state index in [9.17, 15) is 9.59 Å². The first kappa shape index (κ1) is 16.6. The Kier molecular flexibility index (Phi) is 6.23. The summed E-state index contributed by atoms with van der Waals surface area (Å²) in [5.41, 5.74) is 1.25. The van der Waals surface area contributed by atoms with Crippen LogP contribution in [0.1, 0.15) is 29.5 Å². The summed E-state index contributed by atoms with van der Waals surface area (Å²) >= 11 is 0. The summed E-state index contributed by atoms with van der Waals surface area (Å²) in [4.78, 5) is 23.4. The number of carbonyl (C=O) groups is 2. The average molecular weight is 316 g/mol. The third kappa shape index (κ3) is 5.50. The lowest BCUT2D eigenvalue weighted by Gasteiger charge is -2.08. The van der Waals surface area contributed by atoms with E-state index < -0.39 is 0 Å². The Hall–Kier alpha value is -2.76. The highest BCUT2D eigenvalue weighted by molar-refractivity contribution is 5.90. The fraction of sp³-hybridized carbons (Fsp3) is 0.294. The number of ether oxygens (including phenoxy) is 1. The molecule has 2 aromatic rings. The van der Waals surface area contributed by atoms with Gasteiger partial charge in [0.25, 0.3) is 0 Å². The molecular weight excluding hydrogens is 296 g/mol. The number of rotatable bonds is 8. The highest BCUT2D eigenvalue weighted by Crippen LogP contribution is 2.10. The third-order valence-corrected chi connectivity index (χ3v) is 3.05. The molecule has 2 rings (SSSR count). The van der Waals surface area contributed by atoms with Crippen molar-refractivity contribution in [2.24, 2.45) is 0 Å². The molecule has 122 valence electrons. The van der Waals surface area contributed by atoms with Gasteiger partial charge in [-0.2, -0.15) is 0 Å². The number of hydrogen-bond acceptors (Lipinski definition) is 5. The van der Waals surface area contributed by atoms with Gasteiger partial charge < -0.3 is 19.8 Å². The molecule has 6 nitrogen and oxygen atoms in total. The molecule has 0 aliphatic carbocycles. The van der Waals surface area contributed by atoms with E-state index >= 15 is 0 Å². The summed E-state index contributed by atoms with van der Waals surface area (Å²) in [5.74, 6) is 0.218. The molecule has 1 heterocycles. The topological polar surface area (TPSA) is 80.6 Å². The van der Waals surface area contributed by atoms with E-state index in [1.165, 1.54) is 0 Å². The number of hydrogen-bond donors (Lipinski definition) is 2. The van der Waals surface area contributed by atoms with Crippen molar-refractivity contribution in [2.45, 2.75) is 19.9 Å². The van der Waals surface area contributed by atoms with E-state index in [-0.39, 0.29) is 18.4 Å². The summed E-state index contributed by atoms with van der Waals surface area (Å²) in [5, 5.41) is 5.73. The largest absolute Gasteiger partial charge is 0.467 e. The number of furan rings is 1. The zero-order valence-electron chi connectivity index (χ0n) is 13.0. The molecule has 0 aliphatic rings. The highest BCUT2D eigenvalue weighted by Gasteiger charge is 2.07. The molecule has 0 saturated heterocycles. The summed E-state index contributed by atoms with van der Waals surface area (Å²) in [6.07, 6.45) is 2.35. The normalized spacial score (nSPS) is 10.1. The molecule has 1 aromatic carbocycles. The molecule has 1 amide bonds. The van der Waals surface area contributed by atoms with E-state index in [1.54, 1.807) is 42.7 Å². The quantitative estimate of drug-likeness (QED) is 0.732. The summed E-state index contributed by atoms with van der Waals surface area (Å²) in [6.45, 7) is 2.85. The van der Waals surface area contributed by atoms with Gasteiger partial charge in [0.05, 0.1) is 31.5 Å². The number of nitrogens with one attached hydrogen (secondary N) is 2. The zero-order valence-corrected chi connectivity index (χ0v) is 13.0. The van der Waals surface area contributed by atoms with Crippen LogP contribution in [0.5, 0.6) is 0 Å². The van der Waals surface area contributed by atoms with Gasteiger partial charge in [0.15, 0.2) is 0 Å². The van der Waals surface area contributed by atoms with Crippen LogP contribution in [0.25, 0.3) is 0 Å². The molecule has 0 spiro atoms. The monoisotopic (exact) mass is 316 g/mol. The SMILES string of the molecule is CCCOC(=O)c1ccc(NCC(=O)NCc2ccco2)cc1. The first-order valence-corrected chi connectivity index (χ1v) is 7.49. The maximum Gasteiger partial charge on any atom is 0.338 e. The number of anilines is 1. The highest BCUT2D eigenvalue weighted by atomic mass is 16.5. The van der Waals surface area contributed by atoms with Crippen molar-refractivity contribution < 1.29 is 18.7 Å². The third-order valence-electron chi connectivity index (χ3n) is 3.05. The van der Waals surface area contributed by atoms with Gasteiger partial charge in [0.1, 0.15) is 5.76 Å². The van der Waals surface area contributed by atoms with Crippen LogP contribution in [0.15, 0.2) is 47.1 Å². The van der Waals surface area contributed by atoms with Gasteiger partial charge in [-0.05, 0) is 42.8 Å². The van der Waals surface area contributed by atoms with Crippen molar-refractivity contribution in [1.29, 1.82) is 0 Å². The molecule has 0 bridgehead atoms. The van der Waals surface area contributed by atoms with Crippen molar-refractivity contribution in [3.63, 3.8) is 0 Å². The van der Waals surface area contributed by atoms with E-state index in [0.717, 1.165) is 12.1 Å². The number of amides is 1. The molecule has 6 heteroatoms. The maximum atomic E-state index is 11.7. The standard InChI is InChI=1S/C17H20N2O4/c1-2-9-23-17(21)13-5-7-14(8-6-13)18-12-16(20)19-11-15-4-3-10-22-15/h3-8,10,18H,2,9,11-12H2,1H3,(H,19,20). The smallest absolute Gasteiger partial charge is 0.338 e. The minimum absolute atomic E-state index is 0.139. The van der Waals surface area contributed by atoms with E-state index in [2.05, 4.69) is 10.6 Å². The van der Waals surface area contributed by atoms with Crippen LogP contribution < -0.4 is 10.6 Å². The van der Waals surface area contributed by atoms with E-state index in [4.69, 9.17) is 9.15 Å². The Morgan fingerprint density at radius 1 is 1.17 bits per heavy atom. The molecule has 2 N–H and O–H groups in total. The first-order valence-electron chi connectivity index (χ1n) is 7.49. The second-order valence-corrected chi connectivity index (χ2v) is 4.92. The lowest BCUT2D eigenvalue weighted by molar-refractivity contribution is -0.119. The van der Waals surface area contributed by atoms with Gasteiger partial charge in [0.2, 0.25) is 5.91 Å². The van der Waals surface area contributed by atoms with Crippen LogP contribution in [-0.4, -0.2) is 25.0 Å². The summed E-state index contributed by atoms with van der Waals surface area (Å²) < 4.78 is 10.2. The van der Waals surface area contributed by atoms with E-state index in [0.29, 0.717) is 24.5 Å². The fourth-order valence-electron chi connectivity index (χ4n) is 1.85. The minimum Gasteiger partial charge on any atom is -0.467 e. The maximum absolute atomic E-state index is 11.7. The van der Waals surface area contributed by atoms with Crippen molar-refractivity contribution in [2.75, 3.05) is 18.5 Å². The molecule has 23 heavy (non-hydrogen) atoms. The van der Waals surface area contributed by atoms with E-state index in [1.807, 2.05) is 6.92 Å². The molecule has 0 unspecified atom stereocenters. The van der Waals surface area contributed by atoms with Crippen LogP contribution >= 0.6 is 0 Å². The van der Waals surface area contributed by atoms with Crippen LogP contribution in [0.3, 0.4) is 0 Å². The molecular formula is C17H20N2O4. The Labute approximate surface area is 134 Å². The zero-order chi connectivity index (χ0) is 16.5. The second-order valence-electron chi connectivity index (χ2n) is 4.92. The van der Waals surface area contributed by atoms with Gasteiger partial charge in [0, 0.05) is 5.69 Å². The minimum atomic E-state index is -0.338. The van der Waals surface area contributed by atoms with Crippen molar-refractivity contribution >= 4 is 17.6 Å². The molecule has 0 atom stereocenters. The van der Waals surface area contributed by atoms with Gasteiger partial charge in [-0.25, -0.2) is 4.79 Å². The van der Waals surface area contributed by atoms with Crippen LogP contribution in [-0.2, 0) is 16.1 Å². The fourth-order valence-corrected chi connectivity index (χ4v) is 1.85. The molecule has 0 fully saturated rings. The number of carbonyl (C=O) groups excluding carboxylic acids is 2. The molecule has 0 saturated carbocycles. The van der Waals surface area contributed by atoms with Gasteiger partial charge in [-0.15, -0.1) is 0 Å². The molecule has 0 aliphatic heterocycles. The van der Waals surface area contributed by atoms with Crippen molar-refractivity contribution in [3.8, 4) is 0 Å². The first-order chi connectivity index (χ1) is 11.2. The predicted octanol–water partition coefficient (Wildman–Crippen LogP) is 2.57. The van der Waals surface area contributed by atoms with Gasteiger partial charge >= 0.3 is 5.97 Å². The number of benzene rings is 1. The Morgan fingerprint density at radius 3 is 2.61 bits per heavy atom. The second kappa shape index (κ2) is 8.63. The Morgan fingerprint density at radius 2 is 1.96 bits per heavy atom. The van der Waals surface area contributed by atoms with Gasteiger partial charge in [-0.3, -0.25) is 4.79 Å². The predicted molar refractivity (Wildman–Crippen MR) is 86.1 cm³/mol. The average Bonchev–Trinajstić information content (AvgIpc) is 3.10. The Bertz CT molecular complexity index is 621. The lowest BCUT2D eigenvalue weighted by atomic mass is 10.2. The van der Waals surface area contributed by atoms with Gasteiger partial charge in [-0.1, -0.05) is 6.92 Å². The molecule has 0 radical (unpaired) electrons. The van der Waals surface area contributed by atoms with Crippen molar-refractivity contribution in [3.05, 3.63) is 54.0 Å². The molecule has 1 aromatic heterocycles. The van der Waals surface area contributed by atoms with Crippen molar-refractivity contribution in [1.82, 2.24) is 5.32 Å². The Balaban J connectivity index is 1.75. The van der Waals surface area contributed by atoms with Crippen LogP contribution in [0.2, 0.25) is 0 Å². The van der Waals surface area contributed by atoms with Crippen LogP contribution in [0, 0.1) is 0 Å². The summed E-state index contributed by atoms with van der Waals surface area (Å²) in [6, 6.07) is 10.4. The lowest BCUT2D eigenvalue weighted by Crippen LogP contribution is -2.29. The summed E-state index contributed by atoms with van der Waals surface area (Å²) in [7, 11) is 0.